The van der Waals surface area contributed by atoms with Crippen LogP contribution in [0, 0.1) is 0 Å². The van der Waals surface area contributed by atoms with E-state index >= 15 is 0 Å². The maximum atomic E-state index is 11.4. The summed E-state index contributed by atoms with van der Waals surface area (Å²) in [5.41, 5.74) is 0.421. The monoisotopic (exact) mass is 279 g/mol. The summed E-state index contributed by atoms with van der Waals surface area (Å²) < 4.78 is 1.27. The number of carboxylic acids is 1. The minimum atomic E-state index is -1.12. The van der Waals surface area contributed by atoms with Crippen molar-refractivity contribution in [2.24, 2.45) is 0 Å². The van der Waals surface area contributed by atoms with Crippen molar-refractivity contribution >= 4 is 23.5 Å². The first-order valence-electron chi connectivity index (χ1n) is 5.34. The number of nitrogens with zero attached hydrogens (tertiary/aromatic N) is 2. The molecule has 1 aromatic heterocycles. The van der Waals surface area contributed by atoms with Gasteiger partial charge in [0.25, 0.3) is 5.91 Å². The Hall–Kier alpha value is -2.34. The average Bonchev–Trinajstić information content (AvgIpc) is 2.86. The van der Waals surface area contributed by atoms with Gasteiger partial charge in [0.1, 0.15) is 0 Å². The summed E-state index contributed by atoms with van der Waals surface area (Å²) in [6, 6.07) is 6.00. The number of benzene rings is 1. The zero-order valence-corrected chi connectivity index (χ0v) is 10.7. The molecule has 0 spiro atoms. The van der Waals surface area contributed by atoms with Gasteiger partial charge in [-0.15, -0.1) is 0 Å². The summed E-state index contributed by atoms with van der Waals surface area (Å²) in [5, 5.41) is 15.8. The molecule has 98 valence electrons. The normalized spacial score (nSPS) is 10.2. The van der Waals surface area contributed by atoms with Crippen LogP contribution < -0.4 is 5.32 Å². The molecule has 1 aromatic carbocycles. The second-order valence-electron chi connectivity index (χ2n) is 3.67. The van der Waals surface area contributed by atoms with Crippen LogP contribution in [-0.2, 0) is 0 Å². The number of amides is 1. The molecule has 0 aliphatic heterocycles. The number of carbonyl (C=O) groups excluding carboxylic acids is 1. The predicted octanol–water partition coefficient (Wildman–Crippen LogP) is 1.58. The Morgan fingerprint density at radius 1 is 1.37 bits per heavy atom. The van der Waals surface area contributed by atoms with Crippen molar-refractivity contribution in [3.8, 4) is 5.69 Å². The Morgan fingerprint density at radius 3 is 2.74 bits per heavy atom. The molecule has 1 amide bonds. The maximum absolute atomic E-state index is 11.4. The molecule has 0 aliphatic carbocycles. The summed E-state index contributed by atoms with van der Waals surface area (Å²) in [7, 11) is 1.49. The van der Waals surface area contributed by atoms with E-state index in [-0.39, 0.29) is 27.9 Å². The zero-order valence-electron chi connectivity index (χ0n) is 9.92. The zero-order chi connectivity index (χ0) is 14.0. The third kappa shape index (κ3) is 2.43. The van der Waals surface area contributed by atoms with Gasteiger partial charge in [0.05, 0.1) is 16.3 Å². The van der Waals surface area contributed by atoms with E-state index in [0.717, 1.165) is 0 Å². The van der Waals surface area contributed by atoms with Crippen LogP contribution in [0.25, 0.3) is 5.69 Å². The van der Waals surface area contributed by atoms with Gasteiger partial charge in [-0.1, -0.05) is 17.7 Å². The molecule has 1 heterocycles. The fraction of sp³-hybridized carbons (Fsp3) is 0.0833. The van der Waals surface area contributed by atoms with Crippen molar-refractivity contribution in [1.29, 1.82) is 0 Å². The van der Waals surface area contributed by atoms with Crippen LogP contribution in [0.15, 0.2) is 30.5 Å². The second kappa shape index (κ2) is 5.11. The van der Waals surface area contributed by atoms with Crippen LogP contribution in [0.4, 0.5) is 0 Å². The van der Waals surface area contributed by atoms with Gasteiger partial charge in [0.2, 0.25) is 0 Å². The van der Waals surface area contributed by atoms with Crippen LogP contribution in [0.2, 0.25) is 5.02 Å². The molecule has 0 unspecified atom stereocenters. The summed E-state index contributed by atoms with van der Waals surface area (Å²) >= 11 is 6.01. The fourth-order valence-electron chi connectivity index (χ4n) is 1.62. The Balaban J connectivity index is 2.56. The standard InChI is InChI=1S/C12H10ClN3O3/c1-14-11(17)9-5-6-16(15-9)10-7(12(18)19)3-2-4-8(10)13/h2-6H,1H3,(H,14,17)(H,18,19). The average molecular weight is 280 g/mol. The summed E-state index contributed by atoms with van der Waals surface area (Å²) in [4.78, 5) is 22.6. The van der Waals surface area contributed by atoms with E-state index in [9.17, 15) is 9.59 Å². The van der Waals surface area contributed by atoms with Gasteiger partial charge in [-0.05, 0) is 18.2 Å². The van der Waals surface area contributed by atoms with Gasteiger partial charge in [-0.25, -0.2) is 9.48 Å². The maximum Gasteiger partial charge on any atom is 0.337 e. The predicted molar refractivity (Wildman–Crippen MR) is 68.9 cm³/mol. The smallest absolute Gasteiger partial charge is 0.337 e. The number of carbonyl (C=O) groups is 2. The van der Waals surface area contributed by atoms with Crippen molar-refractivity contribution < 1.29 is 14.7 Å². The second-order valence-corrected chi connectivity index (χ2v) is 4.07. The van der Waals surface area contributed by atoms with Crippen LogP contribution in [-0.4, -0.2) is 33.8 Å². The first kappa shape index (κ1) is 13.1. The van der Waals surface area contributed by atoms with Crippen LogP contribution >= 0.6 is 11.6 Å². The number of aromatic carboxylic acids is 1. The highest BCUT2D eigenvalue weighted by atomic mass is 35.5. The van der Waals surface area contributed by atoms with E-state index in [2.05, 4.69) is 10.4 Å². The lowest BCUT2D eigenvalue weighted by atomic mass is 10.2. The molecular weight excluding hydrogens is 270 g/mol. The molecule has 0 saturated heterocycles. The topological polar surface area (TPSA) is 84.2 Å². The molecule has 7 heteroatoms. The van der Waals surface area contributed by atoms with Crippen molar-refractivity contribution in [1.82, 2.24) is 15.1 Å². The summed E-state index contributed by atoms with van der Waals surface area (Å²) in [6.07, 6.45) is 1.48. The molecule has 19 heavy (non-hydrogen) atoms. The molecule has 0 saturated carbocycles. The minimum absolute atomic E-state index is 0.0130. The fourth-order valence-corrected chi connectivity index (χ4v) is 1.88. The number of hydrogen-bond acceptors (Lipinski definition) is 3. The Bertz CT molecular complexity index is 651. The molecule has 6 nitrogen and oxygen atoms in total. The van der Waals surface area contributed by atoms with E-state index in [1.807, 2.05) is 0 Å². The lowest BCUT2D eigenvalue weighted by Gasteiger charge is -2.08. The van der Waals surface area contributed by atoms with E-state index in [4.69, 9.17) is 16.7 Å². The third-order valence-electron chi connectivity index (χ3n) is 2.50. The van der Waals surface area contributed by atoms with Gasteiger partial charge < -0.3 is 10.4 Å². The highest BCUT2D eigenvalue weighted by molar-refractivity contribution is 6.33. The van der Waals surface area contributed by atoms with Crippen LogP contribution in [0.1, 0.15) is 20.8 Å². The summed E-state index contributed by atoms with van der Waals surface area (Å²) in [6.45, 7) is 0. The lowest BCUT2D eigenvalue weighted by Crippen LogP contribution is -2.18. The number of para-hydroxylation sites is 1. The number of nitrogens with one attached hydrogen (secondary N) is 1. The molecule has 0 radical (unpaired) electrons. The highest BCUT2D eigenvalue weighted by Crippen LogP contribution is 2.24. The van der Waals surface area contributed by atoms with Gasteiger partial charge in [0.15, 0.2) is 5.69 Å². The molecule has 0 fully saturated rings. The van der Waals surface area contributed by atoms with Gasteiger partial charge in [-0.3, -0.25) is 4.79 Å². The third-order valence-corrected chi connectivity index (χ3v) is 2.80. The van der Waals surface area contributed by atoms with E-state index in [1.54, 1.807) is 12.1 Å². The van der Waals surface area contributed by atoms with Gasteiger partial charge >= 0.3 is 5.97 Å². The molecule has 0 aliphatic rings. The molecule has 2 rings (SSSR count). The first-order valence-corrected chi connectivity index (χ1v) is 5.72. The van der Waals surface area contributed by atoms with E-state index < -0.39 is 5.97 Å². The Kier molecular flexibility index (Phi) is 3.52. The van der Waals surface area contributed by atoms with Crippen LogP contribution in [0.5, 0.6) is 0 Å². The number of halogens is 1. The summed E-state index contributed by atoms with van der Waals surface area (Å²) in [5.74, 6) is -1.47. The minimum Gasteiger partial charge on any atom is -0.478 e. The van der Waals surface area contributed by atoms with Gasteiger partial charge in [0, 0.05) is 13.2 Å². The highest BCUT2D eigenvalue weighted by Gasteiger charge is 2.17. The Morgan fingerprint density at radius 2 is 2.11 bits per heavy atom. The Labute approximate surface area is 113 Å². The van der Waals surface area contributed by atoms with Crippen LogP contribution in [0.3, 0.4) is 0 Å². The molecule has 0 atom stereocenters. The van der Waals surface area contributed by atoms with Gasteiger partial charge in [-0.2, -0.15) is 5.10 Å². The molecule has 2 aromatic rings. The number of aromatic nitrogens is 2. The van der Waals surface area contributed by atoms with Crippen molar-refractivity contribution in [2.75, 3.05) is 7.05 Å². The SMILES string of the molecule is CNC(=O)c1ccn(-c2c(Cl)cccc2C(=O)O)n1. The number of carboxylic acid groups (broad SMARTS) is 1. The van der Waals surface area contributed by atoms with Crippen molar-refractivity contribution in [2.45, 2.75) is 0 Å². The first-order chi connectivity index (χ1) is 9.04. The van der Waals surface area contributed by atoms with Crippen molar-refractivity contribution in [3.05, 3.63) is 46.7 Å². The van der Waals surface area contributed by atoms with E-state index in [0.29, 0.717) is 0 Å². The van der Waals surface area contributed by atoms with Crippen molar-refractivity contribution in [3.63, 3.8) is 0 Å². The molecular formula is C12H10ClN3O3. The number of rotatable bonds is 3. The largest absolute Gasteiger partial charge is 0.478 e. The van der Waals surface area contributed by atoms with E-state index in [1.165, 1.54) is 30.1 Å². The lowest BCUT2D eigenvalue weighted by molar-refractivity contribution is 0.0696. The quantitative estimate of drug-likeness (QED) is 0.893. The molecule has 0 bridgehead atoms. The molecule has 2 N–H and O–H groups in total. The number of hydrogen-bond donors (Lipinski definition) is 2.